The Hall–Kier alpha value is -0.750. The molecule has 0 amide bonds. The Bertz CT molecular complexity index is 468. The molecule has 0 aromatic carbocycles. The predicted octanol–water partition coefficient (Wildman–Crippen LogP) is 1.88. The third-order valence-electron chi connectivity index (χ3n) is 2.13. The quantitative estimate of drug-likeness (QED) is 0.747. The van der Waals surface area contributed by atoms with Crippen LogP contribution in [0.1, 0.15) is 20.8 Å². The molecule has 0 aliphatic carbocycles. The van der Waals surface area contributed by atoms with Crippen molar-refractivity contribution in [1.29, 1.82) is 0 Å². The number of hydrogen-bond acceptors (Lipinski definition) is 4. The summed E-state index contributed by atoms with van der Waals surface area (Å²) in [7, 11) is 1.71. The highest BCUT2D eigenvalue weighted by atomic mass is 35.7. The van der Waals surface area contributed by atoms with E-state index in [0.29, 0.717) is 5.75 Å². The maximum Gasteiger partial charge on any atom is 0.233 e. The summed E-state index contributed by atoms with van der Waals surface area (Å²) in [6, 6.07) is 0. The number of aryl methyl sites for hydroxylation is 1. The molecule has 1 rings (SSSR count). The molecule has 98 valence electrons. The lowest BCUT2D eigenvalue weighted by molar-refractivity contribution is 0.200. The van der Waals surface area contributed by atoms with E-state index < -0.39 is 14.5 Å². The van der Waals surface area contributed by atoms with Gasteiger partial charge in [-0.2, -0.15) is 5.10 Å². The van der Waals surface area contributed by atoms with E-state index in [1.165, 1.54) is 0 Å². The van der Waals surface area contributed by atoms with Gasteiger partial charge in [0.25, 0.3) is 0 Å². The number of aromatic nitrogens is 2. The maximum atomic E-state index is 11.0. The fraction of sp³-hybridized carbons (Fsp3) is 0.700. The Balaban J connectivity index is 2.54. The van der Waals surface area contributed by atoms with Gasteiger partial charge in [-0.05, 0) is 6.92 Å². The van der Waals surface area contributed by atoms with Gasteiger partial charge in [0.05, 0.1) is 24.8 Å². The zero-order valence-corrected chi connectivity index (χ0v) is 11.8. The molecule has 1 heterocycles. The van der Waals surface area contributed by atoms with Crippen LogP contribution in [0, 0.1) is 5.41 Å². The van der Waals surface area contributed by atoms with E-state index >= 15 is 0 Å². The molecule has 1 aromatic rings. The van der Waals surface area contributed by atoms with Gasteiger partial charge in [0.15, 0.2) is 5.75 Å². The Morgan fingerprint density at radius 1 is 1.53 bits per heavy atom. The van der Waals surface area contributed by atoms with Crippen molar-refractivity contribution < 1.29 is 13.2 Å². The second-order valence-corrected chi connectivity index (χ2v) is 7.44. The molecule has 0 spiro atoms. The van der Waals surface area contributed by atoms with Crippen molar-refractivity contribution in [1.82, 2.24) is 9.78 Å². The number of halogens is 1. The fourth-order valence-corrected chi connectivity index (χ4v) is 3.28. The van der Waals surface area contributed by atoms with Gasteiger partial charge in [-0.25, -0.2) is 8.42 Å². The van der Waals surface area contributed by atoms with Crippen molar-refractivity contribution in [2.24, 2.45) is 5.41 Å². The van der Waals surface area contributed by atoms with Crippen LogP contribution >= 0.6 is 10.7 Å². The Morgan fingerprint density at radius 3 is 2.65 bits per heavy atom. The average Bonchev–Trinajstić information content (AvgIpc) is 2.58. The first-order valence-corrected chi connectivity index (χ1v) is 7.77. The number of nitrogens with zero attached hydrogens (tertiary/aromatic N) is 2. The smallest absolute Gasteiger partial charge is 0.233 e. The van der Waals surface area contributed by atoms with Gasteiger partial charge < -0.3 is 4.74 Å². The van der Waals surface area contributed by atoms with Gasteiger partial charge in [0, 0.05) is 22.6 Å². The van der Waals surface area contributed by atoms with E-state index in [9.17, 15) is 8.42 Å². The highest BCUT2D eigenvalue weighted by Gasteiger charge is 2.26. The van der Waals surface area contributed by atoms with E-state index in [0.717, 1.165) is 6.54 Å². The Kier molecular flexibility index (Phi) is 4.43. The highest BCUT2D eigenvalue weighted by Crippen LogP contribution is 2.22. The van der Waals surface area contributed by atoms with Crippen LogP contribution in [0.3, 0.4) is 0 Å². The SMILES string of the molecule is CCn1cc(OCC(C)(C)CS(=O)(=O)Cl)cn1. The van der Waals surface area contributed by atoms with Crippen LogP contribution in [0.4, 0.5) is 0 Å². The van der Waals surface area contributed by atoms with E-state index in [1.807, 2.05) is 6.92 Å². The fourth-order valence-electron chi connectivity index (χ4n) is 1.38. The lowest BCUT2D eigenvalue weighted by atomic mass is 9.98. The first-order valence-electron chi connectivity index (χ1n) is 5.29. The largest absolute Gasteiger partial charge is 0.490 e. The first kappa shape index (κ1) is 14.3. The van der Waals surface area contributed by atoms with E-state index in [4.69, 9.17) is 15.4 Å². The van der Waals surface area contributed by atoms with Gasteiger partial charge >= 0.3 is 0 Å². The summed E-state index contributed by atoms with van der Waals surface area (Å²) in [5.74, 6) is 0.510. The molecule has 0 N–H and O–H groups in total. The summed E-state index contributed by atoms with van der Waals surface area (Å²) in [5, 5.41) is 4.06. The summed E-state index contributed by atoms with van der Waals surface area (Å²) in [6.07, 6.45) is 3.38. The molecule has 0 fully saturated rings. The van der Waals surface area contributed by atoms with Crippen LogP contribution in [0.5, 0.6) is 5.75 Å². The van der Waals surface area contributed by atoms with Crippen molar-refractivity contribution in [3.05, 3.63) is 12.4 Å². The van der Waals surface area contributed by atoms with Crippen molar-refractivity contribution in [3.8, 4) is 5.75 Å². The minimum Gasteiger partial charge on any atom is -0.490 e. The minimum absolute atomic E-state index is 0.122. The van der Waals surface area contributed by atoms with Crippen LogP contribution in [0.2, 0.25) is 0 Å². The number of rotatable bonds is 6. The molecule has 0 bridgehead atoms. The second kappa shape index (κ2) is 5.27. The van der Waals surface area contributed by atoms with E-state index in [-0.39, 0.29) is 12.4 Å². The molecule has 0 atom stereocenters. The monoisotopic (exact) mass is 280 g/mol. The standard InChI is InChI=1S/C10H17ClN2O3S/c1-4-13-6-9(5-12-13)16-7-10(2,3)8-17(11,14)15/h5-6H,4,7-8H2,1-3H3. The van der Waals surface area contributed by atoms with Gasteiger partial charge in [0.2, 0.25) is 9.05 Å². The summed E-state index contributed by atoms with van der Waals surface area (Å²) in [5.41, 5.74) is -0.533. The molecule has 7 heteroatoms. The molecule has 0 unspecified atom stereocenters. The minimum atomic E-state index is -3.51. The first-order chi connectivity index (χ1) is 7.72. The normalized spacial score (nSPS) is 12.7. The third-order valence-corrected chi connectivity index (χ3v) is 3.58. The van der Waals surface area contributed by atoms with Crippen LogP contribution in [-0.2, 0) is 15.6 Å². The number of hydrogen-bond donors (Lipinski definition) is 0. The summed E-state index contributed by atoms with van der Waals surface area (Å²) in [4.78, 5) is 0. The maximum absolute atomic E-state index is 11.0. The molecular weight excluding hydrogens is 264 g/mol. The van der Waals surface area contributed by atoms with Gasteiger partial charge in [-0.15, -0.1) is 0 Å². The van der Waals surface area contributed by atoms with Crippen molar-refractivity contribution in [2.75, 3.05) is 12.4 Å². The van der Waals surface area contributed by atoms with Crippen LogP contribution in [0.25, 0.3) is 0 Å². The van der Waals surface area contributed by atoms with Crippen molar-refractivity contribution in [2.45, 2.75) is 27.3 Å². The Labute approximate surface area is 106 Å². The van der Waals surface area contributed by atoms with Gasteiger partial charge in [-0.3, -0.25) is 4.68 Å². The highest BCUT2D eigenvalue weighted by molar-refractivity contribution is 8.13. The molecule has 0 aliphatic heterocycles. The predicted molar refractivity (Wildman–Crippen MR) is 66.8 cm³/mol. The summed E-state index contributed by atoms with van der Waals surface area (Å²) in [6.45, 7) is 6.59. The molecule has 17 heavy (non-hydrogen) atoms. The van der Waals surface area contributed by atoms with Gasteiger partial charge in [0.1, 0.15) is 0 Å². The second-order valence-electron chi connectivity index (χ2n) is 4.67. The topological polar surface area (TPSA) is 61.2 Å². The summed E-state index contributed by atoms with van der Waals surface area (Å²) < 4.78 is 29.2. The van der Waals surface area contributed by atoms with Crippen LogP contribution < -0.4 is 4.74 Å². The lowest BCUT2D eigenvalue weighted by Crippen LogP contribution is -2.28. The summed E-state index contributed by atoms with van der Waals surface area (Å²) >= 11 is 0. The molecule has 0 aliphatic rings. The van der Waals surface area contributed by atoms with Crippen molar-refractivity contribution in [3.63, 3.8) is 0 Å². The molecule has 0 saturated heterocycles. The van der Waals surface area contributed by atoms with Gasteiger partial charge in [-0.1, -0.05) is 13.8 Å². The van der Waals surface area contributed by atoms with Crippen molar-refractivity contribution >= 4 is 19.7 Å². The van der Waals surface area contributed by atoms with E-state index in [2.05, 4.69) is 5.10 Å². The zero-order valence-electron chi connectivity index (χ0n) is 10.2. The molecule has 0 radical (unpaired) electrons. The van der Waals surface area contributed by atoms with Crippen LogP contribution in [0.15, 0.2) is 12.4 Å². The molecule has 1 aromatic heterocycles. The third kappa shape index (κ3) is 5.41. The zero-order chi connectivity index (χ0) is 13.1. The average molecular weight is 281 g/mol. The Morgan fingerprint density at radius 2 is 2.18 bits per heavy atom. The molecular formula is C10H17ClN2O3S. The van der Waals surface area contributed by atoms with E-state index in [1.54, 1.807) is 30.9 Å². The van der Waals surface area contributed by atoms with Crippen LogP contribution in [-0.4, -0.2) is 30.6 Å². The molecule has 0 saturated carbocycles. The molecule has 5 nitrogen and oxygen atoms in total. The number of ether oxygens (including phenoxy) is 1. The lowest BCUT2D eigenvalue weighted by Gasteiger charge is -2.22.